The average molecular weight is 387 g/mol. The van der Waals surface area contributed by atoms with E-state index in [1.165, 1.54) is 11.8 Å². The lowest BCUT2D eigenvalue weighted by Gasteiger charge is -2.35. The van der Waals surface area contributed by atoms with Crippen LogP contribution in [-0.2, 0) is 19.6 Å². The van der Waals surface area contributed by atoms with Crippen molar-refractivity contribution >= 4 is 38.9 Å². The predicted octanol–water partition coefficient (Wildman–Crippen LogP) is 2.13. The zero-order valence-corrected chi connectivity index (χ0v) is 16.2. The smallest absolute Gasteiger partial charge is 0.251 e. The molecule has 1 aliphatic heterocycles. The third-order valence-electron chi connectivity index (χ3n) is 4.39. The van der Waals surface area contributed by atoms with Crippen LogP contribution in [0.5, 0.6) is 0 Å². The van der Waals surface area contributed by atoms with Gasteiger partial charge in [0, 0.05) is 0 Å². The van der Waals surface area contributed by atoms with Crippen LogP contribution < -0.4 is 14.5 Å². The summed E-state index contributed by atoms with van der Waals surface area (Å²) in [7, 11) is -3.72. The number of benzene rings is 2. The Morgan fingerprint density at radius 2 is 1.78 bits per heavy atom. The predicted molar refractivity (Wildman–Crippen MR) is 105 cm³/mol. The number of carbonyl (C=O) groups is 2. The summed E-state index contributed by atoms with van der Waals surface area (Å²) in [6, 6.07) is 12.8. The molecule has 0 radical (unpaired) electrons. The monoisotopic (exact) mass is 387 g/mol. The second-order valence-electron chi connectivity index (χ2n) is 6.56. The Labute approximate surface area is 158 Å². The van der Waals surface area contributed by atoms with Gasteiger partial charge < -0.3 is 5.32 Å². The van der Waals surface area contributed by atoms with Gasteiger partial charge in [-0.2, -0.15) is 0 Å². The molecule has 0 bridgehead atoms. The summed E-state index contributed by atoms with van der Waals surface area (Å²) in [5.41, 5.74) is 2.45. The van der Waals surface area contributed by atoms with Crippen molar-refractivity contribution in [3.05, 3.63) is 54.1 Å². The van der Waals surface area contributed by atoms with Crippen molar-refractivity contribution < 1.29 is 18.0 Å². The maximum Gasteiger partial charge on any atom is 0.251 e. The van der Waals surface area contributed by atoms with Crippen molar-refractivity contribution in [2.24, 2.45) is 0 Å². The lowest BCUT2D eigenvalue weighted by Crippen LogP contribution is -2.52. The molecular weight excluding hydrogens is 366 g/mol. The summed E-state index contributed by atoms with van der Waals surface area (Å²) < 4.78 is 25.9. The second-order valence-corrected chi connectivity index (χ2v) is 8.42. The quantitative estimate of drug-likeness (QED) is 0.871. The van der Waals surface area contributed by atoms with Gasteiger partial charge >= 0.3 is 0 Å². The van der Waals surface area contributed by atoms with Gasteiger partial charge in [0.05, 0.1) is 23.3 Å². The molecule has 3 rings (SSSR count). The van der Waals surface area contributed by atoms with Crippen molar-refractivity contribution in [3.63, 3.8) is 0 Å². The average Bonchev–Trinajstić information content (AvgIpc) is 2.61. The molecule has 8 heteroatoms. The van der Waals surface area contributed by atoms with Gasteiger partial charge in [-0.1, -0.05) is 29.8 Å². The Bertz CT molecular complexity index is 986. The first-order valence-corrected chi connectivity index (χ1v) is 10.3. The molecule has 27 heavy (non-hydrogen) atoms. The molecule has 0 aromatic heterocycles. The van der Waals surface area contributed by atoms with Crippen LogP contribution >= 0.6 is 0 Å². The fraction of sp³-hybridized carbons (Fsp3) is 0.263. The van der Waals surface area contributed by atoms with Crippen molar-refractivity contribution in [1.29, 1.82) is 0 Å². The van der Waals surface area contributed by atoms with Gasteiger partial charge in [-0.15, -0.1) is 0 Å². The molecule has 0 saturated heterocycles. The number of nitrogens with one attached hydrogen (secondary N) is 1. The normalized spacial score (nSPS) is 14.9. The fourth-order valence-electron chi connectivity index (χ4n) is 3.15. The number of aryl methyl sites for hydroxylation is 1. The Balaban J connectivity index is 2.00. The minimum atomic E-state index is -3.72. The van der Waals surface area contributed by atoms with E-state index in [2.05, 4.69) is 5.32 Å². The van der Waals surface area contributed by atoms with Crippen LogP contribution in [0.15, 0.2) is 48.5 Å². The maximum absolute atomic E-state index is 13.2. The lowest BCUT2D eigenvalue weighted by atomic mass is 10.1. The number of nitrogens with zero attached hydrogens (tertiary/aromatic N) is 2. The first-order valence-electron chi connectivity index (χ1n) is 8.45. The number of sulfonamides is 1. The Morgan fingerprint density at radius 1 is 1.15 bits per heavy atom. The van der Waals surface area contributed by atoms with Crippen LogP contribution in [0, 0.1) is 6.92 Å². The van der Waals surface area contributed by atoms with E-state index in [-0.39, 0.29) is 12.5 Å². The Hall–Kier alpha value is -2.87. The van der Waals surface area contributed by atoms with Crippen LogP contribution in [0.1, 0.15) is 12.5 Å². The van der Waals surface area contributed by atoms with E-state index < -0.39 is 22.0 Å². The van der Waals surface area contributed by atoms with E-state index in [4.69, 9.17) is 0 Å². The molecule has 2 amide bonds. The summed E-state index contributed by atoms with van der Waals surface area (Å²) in [5, 5.41) is 2.72. The highest BCUT2D eigenvalue weighted by Crippen LogP contribution is 2.31. The van der Waals surface area contributed by atoms with Gasteiger partial charge in [-0.3, -0.25) is 18.8 Å². The van der Waals surface area contributed by atoms with Gasteiger partial charge in [0.2, 0.25) is 15.9 Å². The van der Waals surface area contributed by atoms with Crippen LogP contribution in [0.3, 0.4) is 0 Å². The molecule has 0 fully saturated rings. The van der Waals surface area contributed by atoms with Gasteiger partial charge in [0.1, 0.15) is 12.6 Å². The van der Waals surface area contributed by atoms with Crippen LogP contribution in [0.2, 0.25) is 0 Å². The lowest BCUT2D eigenvalue weighted by molar-refractivity contribution is -0.122. The van der Waals surface area contributed by atoms with Crippen LogP contribution in [0.4, 0.5) is 17.1 Å². The summed E-state index contributed by atoms with van der Waals surface area (Å²) in [5.74, 6) is -0.793. The second kappa shape index (κ2) is 7.03. The van der Waals surface area contributed by atoms with E-state index in [9.17, 15) is 18.0 Å². The van der Waals surface area contributed by atoms with Crippen molar-refractivity contribution in [1.82, 2.24) is 0 Å². The SMILES string of the molecule is Cc1ccc(N(C(C)C(=O)N2CC(=O)Nc3ccccc32)S(C)(=O)=O)cc1. The van der Waals surface area contributed by atoms with E-state index in [1.807, 2.05) is 6.92 Å². The molecule has 1 atom stereocenters. The number of rotatable bonds is 4. The zero-order valence-electron chi connectivity index (χ0n) is 15.3. The van der Waals surface area contributed by atoms with Crippen molar-refractivity contribution in [2.45, 2.75) is 19.9 Å². The third-order valence-corrected chi connectivity index (χ3v) is 5.63. The van der Waals surface area contributed by atoms with Gasteiger partial charge in [-0.25, -0.2) is 8.42 Å². The maximum atomic E-state index is 13.2. The topological polar surface area (TPSA) is 86.8 Å². The molecule has 1 unspecified atom stereocenters. The molecule has 1 N–H and O–H groups in total. The van der Waals surface area contributed by atoms with Crippen molar-refractivity contribution in [2.75, 3.05) is 27.3 Å². The summed E-state index contributed by atoms with van der Waals surface area (Å²) in [6.45, 7) is 3.26. The number of amides is 2. The number of hydrogen-bond donors (Lipinski definition) is 1. The third kappa shape index (κ3) is 3.80. The van der Waals surface area contributed by atoms with E-state index >= 15 is 0 Å². The summed E-state index contributed by atoms with van der Waals surface area (Å²) >= 11 is 0. The molecule has 1 aliphatic rings. The number of anilines is 3. The highest BCUT2D eigenvalue weighted by molar-refractivity contribution is 7.92. The number of hydrogen-bond acceptors (Lipinski definition) is 4. The van der Waals surface area contributed by atoms with Crippen molar-refractivity contribution in [3.8, 4) is 0 Å². The first-order chi connectivity index (χ1) is 12.7. The number of carbonyl (C=O) groups excluding carboxylic acids is 2. The molecule has 7 nitrogen and oxygen atoms in total. The molecule has 142 valence electrons. The highest BCUT2D eigenvalue weighted by atomic mass is 32.2. The zero-order chi connectivity index (χ0) is 19.8. The molecule has 0 saturated carbocycles. The van der Waals surface area contributed by atoms with E-state index in [0.717, 1.165) is 16.1 Å². The minimum absolute atomic E-state index is 0.161. The van der Waals surface area contributed by atoms with Gasteiger partial charge in [-0.05, 0) is 38.1 Å². The summed E-state index contributed by atoms with van der Waals surface area (Å²) in [4.78, 5) is 26.5. The van der Waals surface area contributed by atoms with Crippen LogP contribution in [-0.4, -0.2) is 39.1 Å². The van der Waals surface area contributed by atoms with E-state index in [0.29, 0.717) is 17.1 Å². The molecular formula is C19H21N3O4S. The molecule has 0 spiro atoms. The van der Waals surface area contributed by atoms with Gasteiger partial charge in [0.15, 0.2) is 0 Å². The molecule has 2 aromatic rings. The fourth-order valence-corrected chi connectivity index (χ4v) is 4.32. The Kier molecular flexibility index (Phi) is 4.93. The molecule has 1 heterocycles. The highest BCUT2D eigenvalue weighted by Gasteiger charge is 2.35. The number of para-hydroxylation sites is 2. The van der Waals surface area contributed by atoms with Gasteiger partial charge in [0.25, 0.3) is 5.91 Å². The molecule has 2 aromatic carbocycles. The Morgan fingerprint density at radius 3 is 2.41 bits per heavy atom. The standard InChI is InChI=1S/C19H21N3O4S/c1-13-8-10-15(11-9-13)22(27(3,25)26)14(2)19(24)21-12-18(23)20-16-6-4-5-7-17(16)21/h4-11,14H,12H2,1-3H3,(H,20,23). The van der Waals surface area contributed by atoms with E-state index in [1.54, 1.807) is 48.5 Å². The first kappa shape index (κ1) is 18.9. The summed E-state index contributed by atoms with van der Waals surface area (Å²) in [6.07, 6.45) is 1.06. The minimum Gasteiger partial charge on any atom is -0.323 e. The molecule has 0 aliphatic carbocycles. The van der Waals surface area contributed by atoms with Crippen LogP contribution in [0.25, 0.3) is 0 Å². The number of fused-ring (bicyclic) bond motifs is 1. The largest absolute Gasteiger partial charge is 0.323 e.